The lowest BCUT2D eigenvalue weighted by Gasteiger charge is -2.30. The summed E-state index contributed by atoms with van der Waals surface area (Å²) in [6.45, 7) is 6.73. The van der Waals surface area contributed by atoms with Gasteiger partial charge in [-0.15, -0.1) is 6.58 Å². The highest BCUT2D eigenvalue weighted by molar-refractivity contribution is 6.66. The van der Waals surface area contributed by atoms with Crippen LogP contribution in [0.4, 0.5) is 0 Å². The largest absolute Gasteiger partial charge is 0.325 e. The SMILES string of the molecule is C=CCC1=NC(Cl)=NC(Cl)N1CCCCC. The summed E-state index contributed by atoms with van der Waals surface area (Å²) >= 11 is 11.9. The topological polar surface area (TPSA) is 28.0 Å². The second-order valence-electron chi connectivity index (χ2n) is 3.63. The summed E-state index contributed by atoms with van der Waals surface area (Å²) in [4.78, 5) is 10.2. The minimum absolute atomic E-state index is 0.226. The van der Waals surface area contributed by atoms with Crippen LogP contribution in [0.3, 0.4) is 0 Å². The number of hydrogen-bond acceptors (Lipinski definition) is 3. The number of alkyl halides is 1. The lowest BCUT2D eigenvalue weighted by atomic mass is 10.2. The van der Waals surface area contributed by atoms with Gasteiger partial charge in [-0.3, -0.25) is 0 Å². The first kappa shape index (κ1) is 13.5. The van der Waals surface area contributed by atoms with E-state index < -0.39 is 5.62 Å². The number of rotatable bonds is 6. The lowest BCUT2D eigenvalue weighted by molar-refractivity contribution is 0.375. The van der Waals surface area contributed by atoms with Crippen molar-refractivity contribution >= 4 is 34.3 Å². The number of hydrogen-bond donors (Lipinski definition) is 0. The molecule has 1 aliphatic heterocycles. The van der Waals surface area contributed by atoms with Crippen molar-refractivity contribution in [1.82, 2.24) is 4.90 Å². The van der Waals surface area contributed by atoms with Crippen LogP contribution in [0, 0.1) is 0 Å². The van der Waals surface area contributed by atoms with Gasteiger partial charge in [0.25, 0.3) is 0 Å². The van der Waals surface area contributed by atoms with Crippen molar-refractivity contribution in [3.63, 3.8) is 0 Å². The maximum Gasteiger partial charge on any atom is 0.222 e. The fraction of sp³-hybridized carbons (Fsp3) is 0.636. The predicted octanol–water partition coefficient (Wildman–Crippen LogP) is 3.58. The van der Waals surface area contributed by atoms with E-state index >= 15 is 0 Å². The second-order valence-corrected chi connectivity index (χ2v) is 4.36. The predicted molar refractivity (Wildman–Crippen MR) is 71.4 cm³/mol. The molecule has 3 nitrogen and oxygen atoms in total. The van der Waals surface area contributed by atoms with Crippen molar-refractivity contribution in [2.24, 2.45) is 9.98 Å². The molecule has 0 radical (unpaired) electrons. The Balaban J connectivity index is 2.64. The highest BCUT2D eigenvalue weighted by Crippen LogP contribution is 2.18. The molecular formula is C11H17Cl2N3. The van der Waals surface area contributed by atoms with E-state index in [1.807, 2.05) is 4.90 Å². The quantitative estimate of drug-likeness (QED) is 0.311. The van der Waals surface area contributed by atoms with Crippen molar-refractivity contribution < 1.29 is 0 Å². The first-order valence-electron chi connectivity index (χ1n) is 5.51. The van der Waals surface area contributed by atoms with Gasteiger partial charge in [0.05, 0.1) is 0 Å². The van der Waals surface area contributed by atoms with Crippen LogP contribution >= 0.6 is 23.2 Å². The molecule has 1 unspecified atom stereocenters. The van der Waals surface area contributed by atoms with Crippen molar-refractivity contribution in [1.29, 1.82) is 0 Å². The van der Waals surface area contributed by atoms with Crippen LogP contribution in [0.2, 0.25) is 0 Å². The van der Waals surface area contributed by atoms with E-state index in [2.05, 4.69) is 23.5 Å². The van der Waals surface area contributed by atoms with Gasteiger partial charge < -0.3 is 4.90 Å². The molecule has 1 atom stereocenters. The summed E-state index contributed by atoms with van der Waals surface area (Å²) in [7, 11) is 0. The summed E-state index contributed by atoms with van der Waals surface area (Å²) in [5.74, 6) is 0.853. The zero-order valence-electron chi connectivity index (χ0n) is 9.49. The number of aliphatic imine (C=N–C) groups is 2. The fourth-order valence-corrected chi connectivity index (χ4v) is 2.08. The van der Waals surface area contributed by atoms with Gasteiger partial charge in [0.15, 0.2) is 0 Å². The summed E-state index contributed by atoms with van der Waals surface area (Å²) in [5.41, 5.74) is -0.434. The zero-order chi connectivity index (χ0) is 12.0. The number of halogens is 2. The van der Waals surface area contributed by atoms with Crippen LogP contribution < -0.4 is 0 Å². The Bertz CT molecular complexity index is 300. The van der Waals surface area contributed by atoms with Crippen LogP contribution in [0.15, 0.2) is 22.6 Å². The number of unbranched alkanes of at least 4 members (excludes halogenated alkanes) is 2. The van der Waals surface area contributed by atoms with Gasteiger partial charge in [-0.05, 0) is 18.0 Å². The molecular weight excluding hydrogens is 245 g/mol. The van der Waals surface area contributed by atoms with Gasteiger partial charge in [0, 0.05) is 13.0 Å². The van der Waals surface area contributed by atoms with Gasteiger partial charge >= 0.3 is 0 Å². The monoisotopic (exact) mass is 261 g/mol. The molecule has 0 aromatic rings. The molecule has 0 aliphatic carbocycles. The molecule has 90 valence electrons. The van der Waals surface area contributed by atoms with Gasteiger partial charge in [-0.2, -0.15) is 0 Å². The molecule has 0 N–H and O–H groups in total. The minimum Gasteiger partial charge on any atom is -0.325 e. The maximum absolute atomic E-state index is 6.13. The molecule has 0 bridgehead atoms. The Kier molecular flexibility index (Phi) is 5.85. The third-order valence-corrected chi connectivity index (χ3v) is 2.87. The van der Waals surface area contributed by atoms with Crippen LogP contribution in [-0.2, 0) is 0 Å². The van der Waals surface area contributed by atoms with Crippen molar-refractivity contribution in [3.05, 3.63) is 12.7 Å². The third-order valence-electron chi connectivity index (χ3n) is 2.35. The molecule has 0 aromatic heterocycles. The van der Waals surface area contributed by atoms with E-state index in [0.717, 1.165) is 18.8 Å². The molecule has 1 rings (SSSR count). The molecule has 0 fully saturated rings. The second kappa shape index (κ2) is 6.92. The molecule has 1 aliphatic rings. The highest BCUT2D eigenvalue weighted by Gasteiger charge is 2.22. The summed E-state index contributed by atoms with van der Waals surface area (Å²) in [6.07, 6.45) is 5.91. The minimum atomic E-state index is -0.434. The van der Waals surface area contributed by atoms with Gasteiger partial charge in [-0.1, -0.05) is 37.4 Å². The first-order valence-corrected chi connectivity index (χ1v) is 6.33. The molecule has 5 heteroatoms. The average Bonchev–Trinajstić information content (AvgIpc) is 2.22. The average molecular weight is 262 g/mol. The van der Waals surface area contributed by atoms with E-state index in [1.54, 1.807) is 6.08 Å². The standard InChI is InChI=1S/C11H17Cl2N3/c1-3-5-6-8-16-9(7-4-2)14-10(12)15-11(16)13/h4,11H,2-3,5-8H2,1H3. The summed E-state index contributed by atoms with van der Waals surface area (Å²) in [5, 5.41) is 0.226. The molecule has 0 saturated heterocycles. The zero-order valence-corrected chi connectivity index (χ0v) is 11.0. The van der Waals surface area contributed by atoms with Crippen molar-refractivity contribution in [2.45, 2.75) is 38.2 Å². The Morgan fingerprint density at radius 3 is 2.88 bits per heavy atom. The van der Waals surface area contributed by atoms with Gasteiger partial charge in [0.2, 0.25) is 10.9 Å². The van der Waals surface area contributed by atoms with E-state index in [9.17, 15) is 0 Å². The Labute approximate surface area is 107 Å². The van der Waals surface area contributed by atoms with Gasteiger partial charge in [0.1, 0.15) is 5.84 Å². The molecule has 16 heavy (non-hydrogen) atoms. The number of amidine groups is 2. The molecule has 0 aromatic carbocycles. The Morgan fingerprint density at radius 2 is 2.25 bits per heavy atom. The summed E-state index contributed by atoms with van der Waals surface area (Å²) in [6, 6.07) is 0. The Morgan fingerprint density at radius 1 is 1.50 bits per heavy atom. The normalized spacial score (nSPS) is 20.4. The van der Waals surface area contributed by atoms with Crippen LogP contribution in [0.25, 0.3) is 0 Å². The first-order chi connectivity index (χ1) is 7.69. The summed E-state index contributed by atoms with van der Waals surface area (Å²) < 4.78 is 0. The molecule has 0 spiro atoms. The molecule has 0 amide bonds. The van der Waals surface area contributed by atoms with E-state index in [0.29, 0.717) is 6.42 Å². The highest BCUT2D eigenvalue weighted by atomic mass is 35.5. The van der Waals surface area contributed by atoms with Crippen LogP contribution in [0.1, 0.15) is 32.6 Å². The molecule has 0 saturated carbocycles. The number of nitrogens with zero attached hydrogens (tertiary/aromatic N) is 3. The lowest BCUT2D eigenvalue weighted by Crippen LogP contribution is -2.39. The Hall–Kier alpha value is -0.540. The van der Waals surface area contributed by atoms with E-state index in [4.69, 9.17) is 23.2 Å². The van der Waals surface area contributed by atoms with Crippen LogP contribution in [-0.4, -0.2) is 28.2 Å². The van der Waals surface area contributed by atoms with Crippen LogP contribution in [0.5, 0.6) is 0 Å². The fourth-order valence-electron chi connectivity index (χ4n) is 1.54. The third kappa shape index (κ3) is 3.80. The van der Waals surface area contributed by atoms with E-state index in [1.165, 1.54) is 12.8 Å². The molecule has 1 heterocycles. The van der Waals surface area contributed by atoms with Crippen molar-refractivity contribution in [2.75, 3.05) is 6.54 Å². The van der Waals surface area contributed by atoms with Crippen molar-refractivity contribution in [3.8, 4) is 0 Å². The van der Waals surface area contributed by atoms with E-state index in [-0.39, 0.29) is 5.29 Å². The maximum atomic E-state index is 6.13. The smallest absolute Gasteiger partial charge is 0.222 e. The van der Waals surface area contributed by atoms with Gasteiger partial charge in [-0.25, -0.2) is 9.98 Å².